The summed E-state index contributed by atoms with van der Waals surface area (Å²) in [6, 6.07) is 4.60. The van der Waals surface area contributed by atoms with Crippen LogP contribution in [0.1, 0.15) is 21.7 Å². The van der Waals surface area contributed by atoms with Gasteiger partial charge >= 0.3 is 0 Å². The van der Waals surface area contributed by atoms with Gasteiger partial charge in [0, 0.05) is 25.7 Å². The number of furan rings is 1. The highest BCUT2D eigenvalue weighted by Gasteiger charge is 2.22. The zero-order chi connectivity index (χ0) is 20.4. The number of aryl methyl sites for hydroxylation is 2. The Morgan fingerprint density at radius 2 is 2.11 bits per heavy atom. The maximum atomic E-state index is 13.4. The number of amides is 1. The van der Waals surface area contributed by atoms with Crippen LogP contribution in [0.5, 0.6) is 0 Å². The fraction of sp³-hybridized carbons (Fsp3) is 0.263. The first-order valence-corrected chi connectivity index (χ1v) is 8.91. The molecule has 0 aliphatic heterocycles. The molecular formula is C19H19ClF2N4O2. The van der Waals surface area contributed by atoms with Gasteiger partial charge in [0.05, 0.1) is 17.5 Å². The van der Waals surface area contributed by atoms with Crippen LogP contribution in [0.2, 0.25) is 5.22 Å². The Kier molecular flexibility index (Phi) is 5.81. The molecular weight excluding hydrogens is 390 g/mol. The fourth-order valence-corrected chi connectivity index (χ4v) is 3.20. The van der Waals surface area contributed by atoms with Gasteiger partial charge in [-0.2, -0.15) is 5.10 Å². The van der Waals surface area contributed by atoms with Crippen molar-refractivity contribution in [2.24, 2.45) is 12.8 Å². The van der Waals surface area contributed by atoms with E-state index in [0.717, 1.165) is 23.4 Å². The number of aromatic nitrogens is 2. The van der Waals surface area contributed by atoms with Gasteiger partial charge in [-0.05, 0) is 48.2 Å². The summed E-state index contributed by atoms with van der Waals surface area (Å²) < 4.78 is 33.5. The smallest absolute Gasteiger partial charge is 0.287 e. The van der Waals surface area contributed by atoms with Crippen molar-refractivity contribution in [3.8, 4) is 11.3 Å². The molecule has 0 spiro atoms. The first kappa shape index (κ1) is 20.0. The number of benzene rings is 1. The molecule has 0 aliphatic rings. The number of nitrogens with one attached hydrogen (secondary N) is 1. The molecule has 0 aliphatic carbocycles. The summed E-state index contributed by atoms with van der Waals surface area (Å²) in [6.07, 6.45) is 1.92. The third-order valence-corrected chi connectivity index (χ3v) is 4.65. The van der Waals surface area contributed by atoms with Gasteiger partial charge in [-0.1, -0.05) is 6.07 Å². The van der Waals surface area contributed by atoms with Crippen LogP contribution in [0.15, 0.2) is 34.9 Å². The standard InChI is InChI=1S/C19H19ClF2N4O2/c1-10-9-24-26(2)17(10)13-7-16(28-18(13)20)19(27)25-12(8-23)5-11-3-4-14(21)15(22)6-11/h3-4,6-7,9,12H,5,8,23H2,1-2H3,(H,25,27)/t12-/m0/s1. The Morgan fingerprint density at radius 3 is 2.71 bits per heavy atom. The molecule has 148 valence electrons. The fourth-order valence-electron chi connectivity index (χ4n) is 2.98. The van der Waals surface area contributed by atoms with Crippen molar-refractivity contribution in [1.82, 2.24) is 15.1 Å². The lowest BCUT2D eigenvalue weighted by Gasteiger charge is -2.16. The molecule has 28 heavy (non-hydrogen) atoms. The summed E-state index contributed by atoms with van der Waals surface area (Å²) in [5, 5.41) is 6.95. The molecule has 0 fully saturated rings. The van der Waals surface area contributed by atoms with Gasteiger partial charge in [0.15, 0.2) is 17.4 Å². The van der Waals surface area contributed by atoms with E-state index in [-0.39, 0.29) is 23.9 Å². The Bertz CT molecular complexity index is 996. The van der Waals surface area contributed by atoms with E-state index in [0.29, 0.717) is 11.1 Å². The molecule has 0 saturated heterocycles. The van der Waals surface area contributed by atoms with Crippen molar-refractivity contribution in [3.63, 3.8) is 0 Å². The normalized spacial score (nSPS) is 12.2. The predicted octanol–water partition coefficient (Wildman–Crippen LogP) is 3.22. The number of carbonyl (C=O) groups is 1. The summed E-state index contributed by atoms with van der Waals surface area (Å²) >= 11 is 6.17. The van der Waals surface area contributed by atoms with Gasteiger partial charge in [0.25, 0.3) is 5.91 Å². The van der Waals surface area contributed by atoms with E-state index >= 15 is 0 Å². The third kappa shape index (κ3) is 4.07. The second-order valence-corrected chi connectivity index (χ2v) is 6.80. The minimum Gasteiger partial charge on any atom is -0.439 e. The lowest BCUT2D eigenvalue weighted by atomic mass is 10.1. The summed E-state index contributed by atoms with van der Waals surface area (Å²) in [7, 11) is 1.76. The van der Waals surface area contributed by atoms with Crippen LogP contribution in [0.3, 0.4) is 0 Å². The highest BCUT2D eigenvalue weighted by Crippen LogP contribution is 2.32. The minimum absolute atomic E-state index is 0.0179. The molecule has 0 bridgehead atoms. The van der Waals surface area contributed by atoms with Crippen molar-refractivity contribution in [1.29, 1.82) is 0 Å². The highest BCUT2D eigenvalue weighted by atomic mass is 35.5. The minimum atomic E-state index is -0.950. The number of carbonyl (C=O) groups excluding carboxylic acids is 1. The summed E-state index contributed by atoms with van der Waals surface area (Å²) in [5.74, 6) is -2.37. The van der Waals surface area contributed by atoms with E-state index in [1.807, 2.05) is 6.92 Å². The van der Waals surface area contributed by atoms with E-state index in [1.54, 1.807) is 17.9 Å². The predicted molar refractivity (Wildman–Crippen MR) is 101 cm³/mol. The van der Waals surface area contributed by atoms with E-state index < -0.39 is 23.6 Å². The van der Waals surface area contributed by atoms with Crippen molar-refractivity contribution >= 4 is 17.5 Å². The van der Waals surface area contributed by atoms with E-state index in [4.69, 9.17) is 21.8 Å². The molecule has 0 saturated carbocycles. The largest absolute Gasteiger partial charge is 0.439 e. The SMILES string of the molecule is Cc1cnn(C)c1-c1cc(C(=O)N[C@H](CN)Cc2ccc(F)c(F)c2)oc1Cl. The van der Waals surface area contributed by atoms with Crippen molar-refractivity contribution < 1.29 is 18.0 Å². The molecule has 0 radical (unpaired) electrons. The van der Waals surface area contributed by atoms with Crippen molar-refractivity contribution in [3.05, 3.63) is 64.2 Å². The zero-order valence-electron chi connectivity index (χ0n) is 15.3. The average molecular weight is 409 g/mol. The number of halogens is 3. The molecule has 2 aromatic heterocycles. The molecule has 1 aromatic carbocycles. The lowest BCUT2D eigenvalue weighted by Crippen LogP contribution is -2.41. The Morgan fingerprint density at radius 1 is 1.36 bits per heavy atom. The first-order chi connectivity index (χ1) is 13.3. The quantitative estimate of drug-likeness (QED) is 0.655. The van der Waals surface area contributed by atoms with Crippen LogP contribution < -0.4 is 11.1 Å². The number of hydrogen-bond acceptors (Lipinski definition) is 4. The molecule has 9 heteroatoms. The Labute approximate surface area is 165 Å². The summed E-state index contributed by atoms with van der Waals surface area (Å²) in [5.41, 5.74) is 8.40. The van der Waals surface area contributed by atoms with E-state index in [1.165, 1.54) is 12.1 Å². The molecule has 3 N–H and O–H groups in total. The third-order valence-electron chi connectivity index (χ3n) is 4.37. The zero-order valence-corrected chi connectivity index (χ0v) is 16.1. The molecule has 0 unspecified atom stereocenters. The molecule has 6 nitrogen and oxygen atoms in total. The van der Waals surface area contributed by atoms with Gasteiger partial charge in [-0.3, -0.25) is 9.48 Å². The van der Waals surface area contributed by atoms with Crippen LogP contribution in [-0.2, 0) is 13.5 Å². The van der Waals surface area contributed by atoms with Gasteiger partial charge in [-0.15, -0.1) is 0 Å². The van der Waals surface area contributed by atoms with E-state index in [2.05, 4.69) is 10.4 Å². The number of rotatable bonds is 6. The molecule has 3 rings (SSSR count). The molecule has 1 atom stereocenters. The average Bonchev–Trinajstić information content (AvgIpc) is 3.19. The van der Waals surface area contributed by atoms with Gasteiger partial charge in [0.2, 0.25) is 5.22 Å². The Hall–Kier alpha value is -2.71. The van der Waals surface area contributed by atoms with Crippen LogP contribution in [0.4, 0.5) is 8.78 Å². The molecule has 2 heterocycles. The second-order valence-electron chi connectivity index (χ2n) is 6.46. The van der Waals surface area contributed by atoms with Crippen molar-refractivity contribution in [2.75, 3.05) is 6.54 Å². The van der Waals surface area contributed by atoms with Crippen LogP contribution in [-0.4, -0.2) is 28.3 Å². The van der Waals surface area contributed by atoms with Gasteiger partial charge < -0.3 is 15.5 Å². The van der Waals surface area contributed by atoms with Crippen LogP contribution in [0, 0.1) is 18.6 Å². The van der Waals surface area contributed by atoms with E-state index in [9.17, 15) is 13.6 Å². The van der Waals surface area contributed by atoms with Gasteiger partial charge in [0.1, 0.15) is 0 Å². The molecule has 3 aromatic rings. The van der Waals surface area contributed by atoms with Crippen LogP contribution >= 0.6 is 11.6 Å². The number of nitrogens with two attached hydrogens (primary N) is 1. The highest BCUT2D eigenvalue weighted by molar-refractivity contribution is 6.31. The first-order valence-electron chi connectivity index (χ1n) is 8.53. The Balaban J connectivity index is 1.76. The lowest BCUT2D eigenvalue weighted by molar-refractivity contribution is 0.0910. The topological polar surface area (TPSA) is 86.1 Å². The van der Waals surface area contributed by atoms with Crippen molar-refractivity contribution in [2.45, 2.75) is 19.4 Å². The number of nitrogens with zero attached hydrogens (tertiary/aromatic N) is 2. The molecule has 1 amide bonds. The van der Waals surface area contributed by atoms with Gasteiger partial charge in [-0.25, -0.2) is 8.78 Å². The second kappa shape index (κ2) is 8.12. The number of hydrogen-bond donors (Lipinski definition) is 2. The maximum Gasteiger partial charge on any atom is 0.287 e. The monoisotopic (exact) mass is 408 g/mol. The maximum absolute atomic E-state index is 13.4. The summed E-state index contributed by atoms with van der Waals surface area (Å²) in [6.45, 7) is 1.98. The summed E-state index contributed by atoms with van der Waals surface area (Å²) in [4.78, 5) is 12.6. The van der Waals surface area contributed by atoms with Crippen LogP contribution in [0.25, 0.3) is 11.3 Å².